The van der Waals surface area contributed by atoms with Crippen LogP contribution in [0.1, 0.15) is 84.5 Å². The van der Waals surface area contributed by atoms with Gasteiger partial charge in [-0.05, 0) is 31.8 Å². The molecule has 19 heavy (non-hydrogen) atoms. The summed E-state index contributed by atoms with van der Waals surface area (Å²) in [5.41, 5.74) is 0. The van der Waals surface area contributed by atoms with Crippen LogP contribution in [0, 0.1) is 11.8 Å². The highest BCUT2D eigenvalue weighted by molar-refractivity contribution is 4.79. The average Bonchev–Trinajstić information content (AvgIpc) is 2.83. The Morgan fingerprint density at radius 3 is 2.05 bits per heavy atom. The molecule has 0 radical (unpaired) electrons. The second-order valence-corrected chi connectivity index (χ2v) is 6.77. The number of nitrogens with zero attached hydrogens (tertiary/aromatic N) is 1. The van der Waals surface area contributed by atoms with Crippen LogP contribution in [0.3, 0.4) is 0 Å². The Morgan fingerprint density at radius 1 is 0.895 bits per heavy atom. The topological polar surface area (TPSA) is 3.24 Å². The normalized spacial score (nSPS) is 21.9. The zero-order chi connectivity index (χ0) is 13.9. The van der Waals surface area contributed by atoms with Gasteiger partial charge in [0.15, 0.2) is 0 Å². The van der Waals surface area contributed by atoms with Crippen molar-refractivity contribution < 1.29 is 0 Å². The van der Waals surface area contributed by atoms with Crippen molar-refractivity contribution in [2.75, 3.05) is 20.1 Å². The van der Waals surface area contributed by atoms with E-state index in [4.69, 9.17) is 0 Å². The molecule has 1 aliphatic heterocycles. The maximum atomic E-state index is 2.54. The molecule has 0 amide bonds. The molecule has 0 N–H and O–H groups in total. The van der Waals surface area contributed by atoms with Crippen molar-refractivity contribution in [3.05, 3.63) is 0 Å². The molecule has 0 aromatic rings. The minimum Gasteiger partial charge on any atom is -0.306 e. The van der Waals surface area contributed by atoms with Crippen molar-refractivity contribution in [1.82, 2.24) is 4.90 Å². The van der Waals surface area contributed by atoms with Crippen LogP contribution in [-0.4, -0.2) is 25.0 Å². The van der Waals surface area contributed by atoms with E-state index in [1.165, 1.54) is 83.7 Å². The van der Waals surface area contributed by atoms with Gasteiger partial charge in [-0.2, -0.15) is 0 Å². The fraction of sp³-hybridized carbons (Fsp3) is 1.00. The molecule has 1 aliphatic rings. The average molecular weight is 268 g/mol. The van der Waals surface area contributed by atoms with E-state index in [1.54, 1.807) is 0 Å². The van der Waals surface area contributed by atoms with Gasteiger partial charge in [0.05, 0.1) is 0 Å². The van der Waals surface area contributed by atoms with Gasteiger partial charge in [-0.1, -0.05) is 78.1 Å². The Bertz CT molecular complexity index is 202. The largest absolute Gasteiger partial charge is 0.306 e. The summed E-state index contributed by atoms with van der Waals surface area (Å²) in [5.74, 6) is 2.03. The van der Waals surface area contributed by atoms with Crippen molar-refractivity contribution in [3.8, 4) is 0 Å². The molecule has 1 saturated heterocycles. The molecular formula is C18H37N. The van der Waals surface area contributed by atoms with Crippen molar-refractivity contribution in [3.63, 3.8) is 0 Å². The van der Waals surface area contributed by atoms with E-state index in [9.17, 15) is 0 Å². The van der Waals surface area contributed by atoms with Gasteiger partial charge in [0, 0.05) is 6.54 Å². The summed E-state index contributed by atoms with van der Waals surface area (Å²) in [7, 11) is 2.30. The van der Waals surface area contributed by atoms with Gasteiger partial charge in [-0.3, -0.25) is 0 Å². The van der Waals surface area contributed by atoms with Gasteiger partial charge in [0.25, 0.3) is 0 Å². The maximum Gasteiger partial charge on any atom is 0.000973 e. The lowest BCUT2D eigenvalue weighted by atomic mass is 9.83. The lowest BCUT2D eigenvalue weighted by Crippen LogP contribution is -2.20. The second kappa shape index (κ2) is 10.7. The van der Waals surface area contributed by atoms with E-state index in [-0.39, 0.29) is 0 Å². The molecule has 2 atom stereocenters. The first kappa shape index (κ1) is 17.0. The van der Waals surface area contributed by atoms with Crippen molar-refractivity contribution in [2.24, 2.45) is 11.8 Å². The van der Waals surface area contributed by atoms with E-state index in [2.05, 4.69) is 25.8 Å². The molecule has 0 bridgehead atoms. The number of rotatable bonds is 11. The molecule has 2 unspecified atom stereocenters. The van der Waals surface area contributed by atoms with E-state index in [0.29, 0.717) is 0 Å². The van der Waals surface area contributed by atoms with E-state index < -0.39 is 0 Å². The van der Waals surface area contributed by atoms with Gasteiger partial charge in [-0.25, -0.2) is 0 Å². The summed E-state index contributed by atoms with van der Waals surface area (Å²) in [5, 5.41) is 0. The van der Waals surface area contributed by atoms with Crippen molar-refractivity contribution >= 4 is 0 Å². The zero-order valence-electron chi connectivity index (χ0n) is 13.8. The number of unbranched alkanes of at least 4 members (excludes halogenated alkanes) is 6. The second-order valence-electron chi connectivity index (χ2n) is 6.77. The smallest absolute Gasteiger partial charge is 0.000973 e. The predicted octanol–water partition coefficient (Wildman–Crippen LogP) is 5.50. The molecule has 0 aliphatic carbocycles. The molecule has 0 aromatic carbocycles. The molecule has 1 heterocycles. The van der Waals surface area contributed by atoms with Gasteiger partial charge >= 0.3 is 0 Å². The van der Waals surface area contributed by atoms with E-state index in [1.807, 2.05) is 0 Å². The Labute approximate surface area is 122 Å². The maximum absolute atomic E-state index is 2.54. The van der Waals surface area contributed by atoms with Gasteiger partial charge < -0.3 is 4.90 Å². The fourth-order valence-corrected chi connectivity index (χ4v) is 3.64. The quantitative estimate of drug-likeness (QED) is 0.447. The third-order valence-corrected chi connectivity index (χ3v) is 4.95. The fourth-order valence-electron chi connectivity index (χ4n) is 3.64. The first-order valence-electron chi connectivity index (χ1n) is 8.96. The minimum absolute atomic E-state index is 1.01. The Hall–Kier alpha value is -0.0400. The van der Waals surface area contributed by atoms with Crippen LogP contribution in [0.5, 0.6) is 0 Å². The highest BCUT2D eigenvalue weighted by Gasteiger charge is 2.26. The van der Waals surface area contributed by atoms with Crippen LogP contribution >= 0.6 is 0 Å². The standard InChI is InChI=1S/C18H37N/c1-4-6-8-9-11-13-17(12-10-7-5-2)18-14-15-19(3)16-18/h17-18H,4-16H2,1-3H3. The molecule has 0 saturated carbocycles. The Balaban J connectivity index is 2.23. The predicted molar refractivity (Wildman–Crippen MR) is 86.6 cm³/mol. The van der Waals surface area contributed by atoms with E-state index >= 15 is 0 Å². The zero-order valence-corrected chi connectivity index (χ0v) is 13.8. The van der Waals surface area contributed by atoms with Crippen LogP contribution < -0.4 is 0 Å². The highest BCUT2D eigenvalue weighted by Crippen LogP contribution is 2.31. The lowest BCUT2D eigenvalue weighted by Gasteiger charge is -2.23. The Kier molecular flexibility index (Phi) is 9.59. The highest BCUT2D eigenvalue weighted by atomic mass is 15.1. The van der Waals surface area contributed by atoms with Gasteiger partial charge in [0.2, 0.25) is 0 Å². The van der Waals surface area contributed by atoms with Gasteiger partial charge in [-0.15, -0.1) is 0 Å². The molecule has 1 rings (SSSR count). The summed E-state index contributed by atoms with van der Waals surface area (Å²) >= 11 is 0. The lowest BCUT2D eigenvalue weighted by molar-refractivity contribution is 0.274. The first-order chi connectivity index (χ1) is 9.27. The third-order valence-electron chi connectivity index (χ3n) is 4.95. The summed E-state index contributed by atoms with van der Waals surface area (Å²) in [4.78, 5) is 2.54. The summed E-state index contributed by atoms with van der Waals surface area (Å²) in [6.07, 6.45) is 16.0. The summed E-state index contributed by atoms with van der Waals surface area (Å²) in [6, 6.07) is 0. The number of likely N-dealkylation sites (tertiary alicyclic amines) is 1. The number of hydrogen-bond acceptors (Lipinski definition) is 1. The van der Waals surface area contributed by atoms with E-state index in [0.717, 1.165) is 11.8 Å². The van der Waals surface area contributed by atoms with Crippen molar-refractivity contribution in [2.45, 2.75) is 84.5 Å². The van der Waals surface area contributed by atoms with Crippen LogP contribution in [0.4, 0.5) is 0 Å². The van der Waals surface area contributed by atoms with Crippen LogP contribution in [0.25, 0.3) is 0 Å². The molecule has 0 aromatic heterocycles. The van der Waals surface area contributed by atoms with Crippen LogP contribution in [0.15, 0.2) is 0 Å². The third kappa shape index (κ3) is 7.34. The molecule has 0 spiro atoms. The Morgan fingerprint density at radius 2 is 1.47 bits per heavy atom. The molecule has 1 nitrogen and oxygen atoms in total. The molecule has 1 fully saturated rings. The van der Waals surface area contributed by atoms with Crippen LogP contribution in [0.2, 0.25) is 0 Å². The summed E-state index contributed by atoms with van der Waals surface area (Å²) < 4.78 is 0. The molecule has 114 valence electrons. The van der Waals surface area contributed by atoms with Crippen molar-refractivity contribution in [1.29, 1.82) is 0 Å². The molecule has 1 heteroatoms. The molecular weight excluding hydrogens is 230 g/mol. The number of hydrogen-bond donors (Lipinski definition) is 0. The minimum atomic E-state index is 1.01. The van der Waals surface area contributed by atoms with Gasteiger partial charge in [0.1, 0.15) is 0 Å². The first-order valence-corrected chi connectivity index (χ1v) is 8.96. The summed E-state index contributed by atoms with van der Waals surface area (Å²) in [6.45, 7) is 7.33. The monoisotopic (exact) mass is 267 g/mol. The van der Waals surface area contributed by atoms with Crippen LogP contribution in [-0.2, 0) is 0 Å². The SMILES string of the molecule is CCCCCCCC(CCCCC)C1CCN(C)C1.